The fraction of sp³-hybridized carbons (Fsp3) is 0.318. The largest absolute Gasteiger partial charge is 0.296 e. The van der Waals surface area contributed by atoms with Crippen LogP contribution in [-0.2, 0) is 4.79 Å². The number of piperidine rings is 1. The van der Waals surface area contributed by atoms with E-state index in [1.807, 2.05) is 42.5 Å². The van der Waals surface area contributed by atoms with E-state index in [0.717, 1.165) is 18.7 Å². The van der Waals surface area contributed by atoms with Crippen molar-refractivity contribution in [3.8, 4) is 0 Å². The van der Waals surface area contributed by atoms with Crippen LogP contribution in [-0.4, -0.2) is 23.8 Å². The molecule has 2 heteroatoms. The lowest BCUT2D eigenvalue weighted by molar-refractivity contribution is -0.115. The van der Waals surface area contributed by atoms with Crippen LogP contribution in [0.4, 0.5) is 0 Å². The molecule has 0 spiro atoms. The molecule has 2 aromatic carbocycles. The van der Waals surface area contributed by atoms with Crippen LogP contribution in [0, 0.1) is 0 Å². The highest BCUT2D eigenvalue weighted by atomic mass is 16.1. The molecule has 2 nitrogen and oxygen atoms in total. The van der Waals surface area contributed by atoms with E-state index in [-0.39, 0.29) is 11.8 Å². The van der Waals surface area contributed by atoms with Crippen LogP contribution in [0.2, 0.25) is 0 Å². The summed E-state index contributed by atoms with van der Waals surface area (Å²) in [5.74, 6) is 0.193. The van der Waals surface area contributed by atoms with Gasteiger partial charge in [0.1, 0.15) is 0 Å². The van der Waals surface area contributed by atoms with E-state index in [1.165, 1.54) is 24.8 Å². The molecule has 0 saturated carbocycles. The first-order valence-electron chi connectivity index (χ1n) is 8.88. The monoisotopic (exact) mass is 319 g/mol. The first-order valence-corrected chi connectivity index (χ1v) is 8.88. The molecule has 0 aliphatic carbocycles. The molecular weight excluding hydrogens is 294 g/mol. The summed E-state index contributed by atoms with van der Waals surface area (Å²) in [7, 11) is 0. The Hall–Kier alpha value is -2.19. The van der Waals surface area contributed by atoms with Crippen LogP contribution >= 0.6 is 0 Å². The summed E-state index contributed by atoms with van der Waals surface area (Å²) in [6, 6.07) is 20.7. The number of hydrogen-bond acceptors (Lipinski definition) is 2. The second-order valence-electron chi connectivity index (χ2n) is 6.44. The predicted molar refractivity (Wildman–Crippen MR) is 99.7 cm³/mol. The van der Waals surface area contributed by atoms with Gasteiger partial charge in [-0.1, -0.05) is 73.2 Å². The van der Waals surface area contributed by atoms with Crippen molar-refractivity contribution in [2.75, 3.05) is 13.1 Å². The molecule has 1 aliphatic heterocycles. The van der Waals surface area contributed by atoms with Gasteiger partial charge in [0.05, 0.1) is 0 Å². The van der Waals surface area contributed by atoms with Crippen molar-refractivity contribution in [2.45, 2.75) is 31.7 Å². The molecule has 0 N–H and O–H groups in total. The van der Waals surface area contributed by atoms with Crippen LogP contribution in [0.3, 0.4) is 0 Å². The Kier molecular flexibility index (Phi) is 5.97. The zero-order valence-electron chi connectivity index (χ0n) is 14.1. The molecule has 3 rings (SSSR count). The van der Waals surface area contributed by atoms with Gasteiger partial charge in [0, 0.05) is 12.5 Å². The number of likely N-dealkylation sites (tertiary alicyclic amines) is 1. The minimum atomic E-state index is 0.193. The Morgan fingerprint density at radius 1 is 0.917 bits per heavy atom. The minimum absolute atomic E-state index is 0.193. The Labute approximate surface area is 144 Å². The van der Waals surface area contributed by atoms with E-state index in [4.69, 9.17) is 0 Å². The lowest BCUT2D eigenvalue weighted by atomic mass is 9.97. The fourth-order valence-corrected chi connectivity index (χ4v) is 3.37. The molecule has 0 bridgehead atoms. The first kappa shape index (κ1) is 16.7. The summed E-state index contributed by atoms with van der Waals surface area (Å²) in [6.45, 7) is 2.19. The number of nitrogens with zero attached hydrogens (tertiary/aromatic N) is 1. The molecule has 1 fully saturated rings. The highest BCUT2D eigenvalue weighted by Crippen LogP contribution is 2.28. The van der Waals surface area contributed by atoms with Gasteiger partial charge in [-0.15, -0.1) is 0 Å². The zero-order chi connectivity index (χ0) is 16.6. The van der Waals surface area contributed by atoms with Crippen molar-refractivity contribution < 1.29 is 4.79 Å². The van der Waals surface area contributed by atoms with E-state index in [2.05, 4.69) is 29.2 Å². The summed E-state index contributed by atoms with van der Waals surface area (Å²) < 4.78 is 0. The van der Waals surface area contributed by atoms with Crippen molar-refractivity contribution in [3.05, 3.63) is 77.9 Å². The molecular formula is C22H25NO. The van der Waals surface area contributed by atoms with Crippen LogP contribution in [0.25, 0.3) is 6.08 Å². The van der Waals surface area contributed by atoms with Gasteiger partial charge in [-0.05, 0) is 43.1 Å². The summed E-state index contributed by atoms with van der Waals surface area (Å²) in [6.07, 6.45) is 7.97. The second-order valence-corrected chi connectivity index (χ2v) is 6.44. The summed E-state index contributed by atoms with van der Waals surface area (Å²) >= 11 is 0. The summed E-state index contributed by atoms with van der Waals surface area (Å²) in [5.41, 5.74) is 2.32. The number of hydrogen-bond donors (Lipinski definition) is 0. The van der Waals surface area contributed by atoms with E-state index in [1.54, 1.807) is 6.08 Å². The molecule has 0 amide bonds. The van der Waals surface area contributed by atoms with Gasteiger partial charge in [0.2, 0.25) is 0 Å². The molecule has 0 aromatic heterocycles. The van der Waals surface area contributed by atoms with Crippen molar-refractivity contribution in [3.63, 3.8) is 0 Å². The number of rotatable bonds is 6. The number of carbonyl (C=O) groups is 1. The molecule has 1 unspecified atom stereocenters. The maximum absolute atomic E-state index is 12.5. The van der Waals surface area contributed by atoms with E-state index >= 15 is 0 Å². The maximum atomic E-state index is 12.5. The Morgan fingerprint density at radius 2 is 1.54 bits per heavy atom. The van der Waals surface area contributed by atoms with Gasteiger partial charge in [-0.2, -0.15) is 0 Å². The third-order valence-electron chi connectivity index (χ3n) is 4.67. The van der Waals surface area contributed by atoms with Crippen molar-refractivity contribution in [1.82, 2.24) is 4.90 Å². The van der Waals surface area contributed by atoms with Crippen molar-refractivity contribution in [1.29, 1.82) is 0 Å². The van der Waals surface area contributed by atoms with Gasteiger partial charge in [-0.3, -0.25) is 9.69 Å². The van der Waals surface area contributed by atoms with Crippen LogP contribution in [0.15, 0.2) is 66.7 Å². The predicted octanol–water partition coefficient (Wildman–Crippen LogP) is 4.89. The van der Waals surface area contributed by atoms with Gasteiger partial charge >= 0.3 is 0 Å². The molecule has 1 saturated heterocycles. The van der Waals surface area contributed by atoms with Crippen LogP contribution in [0.1, 0.15) is 42.9 Å². The first-order chi connectivity index (χ1) is 11.8. The fourth-order valence-electron chi connectivity index (χ4n) is 3.37. The number of carbonyl (C=O) groups excluding carboxylic acids is 1. The summed E-state index contributed by atoms with van der Waals surface area (Å²) in [5, 5.41) is 0. The van der Waals surface area contributed by atoms with Gasteiger partial charge in [0.15, 0.2) is 5.78 Å². The lowest BCUT2D eigenvalue weighted by Gasteiger charge is -2.34. The molecule has 24 heavy (non-hydrogen) atoms. The quantitative estimate of drug-likeness (QED) is 0.707. The van der Waals surface area contributed by atoms with Gasteiger partial charge in [0.25, 0.3) is 0 Å². The SMILES string of the molecule is O=C(/C=C\c1ccccc1)CC(c1ccccc1)N1CCCCC1. The molecule has 1 heterocycles. The molecule has 0 radical (unpaired) electrons. The van der Waals surface area contributed by atoms with Gasteiger partial charge < -0.3 is 0 Å². The Bertz CT molecular complexity index is 657. The third kappa shape index (κ3) is 4.65. The highest BCUT2D eigenvalue weighted by molar-refractivity contribution is 5.94. The number of benzene rings is 2. The standard InChI is InChI=1S/C22H25NO/c24-21(15-14-19-10-4-1-5-11-19)18-22(20-12-6-2-7-13-20)23-16-8-3-9-17-23/h1-2,4-7,10-15,22H,3,8-9,16-18H2/b15-14-. The Balaban J connectivity index is 1.71. The lowest BCUT2D eigenvalue weighted by Crippen LogP contribution is -2.34. The number of ketones is 1. The third-order valence-corrected chi connectivity index (χ3v) is 4.67. The average Bonchev–Trinajstić information content (AvgIpc) is 2.67. The van der Waals surface area contributed by atoms with Crippen LogP contribution < -0.4 is 0 Å². The van der Waals surface area contributed by atoms with E-state index in [0.29, 0.717) is 6.42 Å². The van der Waals surface area contributed by atoms with E-state index < -0.39 is 0 Å². The number of allylic oxidation sites excluding steroid dienone is 1. The average molecular weight is 319 g/mol. The zero-order valence-corrected chi connectivity index (χ0v) is 14.1. The molecule has 1 atom stereocenters. The second kappa shape index (κ2) is 8.60. The molecule has 2 aromatic rings. The minimum Gasteiger partial charge on any atom is -0.296 e. The summed E-state index contributed by atoms with van der Waals surface area (Å²) in [4.78, 5) is 15.0. The molecule has 124 valence electrons. The highest BCUT2D eigenvalue weighted by Gasteiger charge is 2.23. The van der Waals surface area contributed by atoms with Crippen molar-refractivity contribution >= 4 is 11.9 Å². The van der Waals surface area contributed by atoms with Crippen molar-refractivity contribution in [2.24, 2.45) is 0 Å². The smallest absolute Gasteiger partial charge is 0.157 e. The Morgan fingerprint density at radius 3 is 2.21 bits per heavy atom. The molecule has 1 aliphatic rings. The van der Waals surface area contributed by atoms with Gasteiger partial charge in [-0.25, -0.2) is 0 Å². The van der Waals surface area contributed by atoms with Crippen LogP contribution in [0.5, 0.6) is 0 Å². The maximum Gasteiger partial charge on any atom is 0.157 e. The topological polar surface area (TPSA) is 20.3 Å². The van der Waals surface area contributed by atoms with E-state index in [9.17, 15) is 4.79 Å². The normalized spacial score (nSPS) is 17.0.